The summed E-state index contributed by atoms with van der Waals surface area (Å²) in [5, 5.41) is 9.37. The Morgan fingerprint density at radius 3 is 2.53 bits per heavy atom. The number of nitrogens with zero attached hydrogens (tertiary/aromatic N) is 1. The first-order valence-electron chi connectivity index (χ1n) is 6.53. The van der Waals surface area contributed by atoms with Crippen LogP contribution in [0.2, 0.25) is 0 Å². The van der Waals surface area contributed by atoms with Crippen molar-refractivity contribution in [2.24, 2.45) is 5.41 Å². The maximum Gasteiger partial charge on any atom is 0.311 e. The van der Waals surface area contributed by atoms with Crippen LogP contribution >= 0.6 is 0 Å². The molecule has 0 atom stereocenters. The summed E-state index contributed by atoms with van der Waals surface area (Å²) in [6.45, 7) is 8.84. The van der Waals surface area contributed by atoms with E-state index in [4.69, 9.17) is 4.74 Å². The molecule has 1 aliphatic rings. The molecule has 0 aromatic carbocycles. The zero-order valence-corrected chi connectivity index (χ0v) is 11.2. The van der Waals surface area contributed by atoms with E-state index in [1.54, 1.807) is 0 Å². The largest absolute Gasteiger partial charge is 0.464 e. The second kappa shape index (κ2) is 6.36. The quantitative estimate of drug-likeness (QED) is 0.742. The summed E-state index contributed by atoms with van der Waals surface area (Å²) in [5.74, 6) is -0.114. The number of aliphatic hydroxyl groups excluding tert-OH is 1. The van der Waals surface area contributed by atoms with Gasteiger partial charge in [0.05, 0.1) is 11.5 Å². The summed E-state index contributed by atoms with van der Waals surface area (Å²) < 4.78 is 5.28. The SMILES string of the molecule is CCC(C)(C)C(=O)OCCN1CCC(O)CC1. The van der Waals surface area contributed by atoms with Crippen LogP contribution in [0, 0.1) is 5.41 Å². The van der Waals surface area contributed by atoms with Gasteiger partial charge in [-0.15, -0.1) is 0 Å². The number of carbonyl (C=O) groups excluding carboxylic acids is 1. The van der Waals surface area contributed by atoms with Gasteiger partial charge in [-0.05, 0) is 33.1 Å². The molecule has 17 heavy (non-hydrogen) atoms. The zero-order chi connectivity index (χ0) is 12.9. The second-order valence-corrected chi connectivity index (χ2v) is 5.45. The van der Waals surface area contributed by atoms with Crippen LogP contribution in [0.15, 0.2) is 0 Å². The Balaban J connectivity index is 2.18. The van der Waals surface area contributed by atoms with Crippen molar-refractivity contribution in [3.05, 3.63) is 0 Å². The molecule has 1 heterocycles. The summed E-state index contributed by atoms with van der Waals surface area (Å²) >= 11 is 0. The maximum absolute atomic E-state index is 11.7. The van der Waals surface area contributed by atoms with Crippen molar-refractivity contribution in [1.29, 1.82) is 0 Å². The van der Waals surface area contributed by atoms with Crippen molar-refractivity contribution < 1.29 is 14.6 Å². The molecule has 4 heteroatoms. The van der Waals surface area contributed by atoms with Crippen LogP contribution in [-0.2, 0) is 9.53 Å². The summed E-state index contributed by atoms with van der Waals surface area (Å²) in [6, 6.07) is 0. The summed E-state index contributed by atoms with van der Waals surface area (Å²) in [7, 11) is 0. The molecule has 1 aliphatic heterocycles. The standard InChI is InChI=1S/C13H25NO3/c1-4-13(2,3)12(16)17-10-9-14-7-5-11(15)6-8-14/h11,15H,4-10H2,1-3H3. The van der Waals surface area contributed by atoms with Gasteiger partial charge in [-0.25, -0.2) is 0 Å². The first-order valence-corrected chi connectivity index (χ1v) is 6.53. The van der Waals surface area contributed by atoms with Gasteiger partial charge in [0.1, 0.15) is 6.61 Å². The third-order valence-electron chi connectivity index (χ3n) is 3.63. The molecule has 0 aromatic heterocycles. The van der Waals surface area contributed by atoms with Crippen LogP contribution in [0.25, 0.3) is 0 Å². The van der Waals surface area contributed by atoms with Crippen molar-refractivity contribution in [2.45, 2.75) is 46.1 Å². The Morgan fingerprint density at radius 2 is 2.00 bits per heavy atom. The highest BCUT2D eigenvalue weighted by Gasteiger charge is 2.27. The molecule has 0 unspecified atom stereocenters. The summed E-state index contributed by atoms with van der Waals surface area (Å²) in [4.78, 5) is 13.9. The number of ether oxygens (including phenoxy) is 1. The minimum atomic E-state index is -0.377. The van der Waals surface area contributed by atoms with Crippen molar-refractivity contribution in [2.75, 3.05) is 26.2 Å². The third kappa shape index (κ3) is 4.64. The van der Waals surface area contributed by atoms with Crippen molar-refractivity contribution in [3.63, 3.8) is 0 Å². The van der Waals surface area contributed by atoms with E-state index in [2.05, 4.69) is 4.90 Å². The molecule has 100 valence electrons. The molecular weight excluding hydrogens is 218 g/mol. The molecule has 0 aromatic rings. The molecule has 1 fully saturated rings. The lowest BCUT2D eigenvalue weighted by Gasteiger charge is -2.29. The Labute approximate surface area is 104 Å². The number of hydrogen-bond acceptors (Lipinski definition) is 4. The van der Waals surface area contributed by atoms with Gasteiger partial charge >= 0.3 is 5.97 Å². The highest BCUT2D eigenvalue weighted by atomic mass is 16.5. The Bertz CT molecular complexity index is 245. The van der Waals surface area contributed by atoms with E-state index in [1.807, 2.05) is 20.8 Å². The number of rotatable bonds is 5. The summed E-state index contributed by atoms with van der Waals surface area (Å²) in [6.07, 6.45) is 2.30. The van der Waals surface area contributed by atoms with E-state index in [9.17, 15) is 9.90 Å². The molecule has 0 aliphatic carbocycles. The maximum atomic E-state index is 11.7. The van der Waals surface area contributed by atoms with Gasteiger partial charge in [0.2, 0.25) is 0 Å². The molecule has 4 nitrogen and oxygen atoms in total. The van der Waals surface area contributed by atoms with Gasteiger partial charge in [-0.3, -0.25) is 9.69 Å². The van der Waals surface area contributed by atoms with E-state index in [-0.39, 0.29) is 17.5 Å². The fourth-order valence-electron chi connectivity index (χ4n) is 1.75. The predicted molar refractivity (Wildman–Crippen MR) is 66.7 cm³/mol. The van der Waals surface area contributed by atoms with E-state index in [0.29, 0.717) is 6.61 Å². The van der Waals surface area contributed by atoms with Gasteiger partial charge < -0.3 is 9.84 Å². The highest BCUT2D eigenvalue weighted by molar-refractivity contribution is 5.75. The molecule has 0 radical (unpaired) electrons. The number of aliphatic hydroxyl groups is 1. The lowest BCUT2D eigenvalue weighted by molar-refractivity contribution is -0.154. The molecular formula is C13H25NO3. The fourth-order valence-corrected chi connectivity index (χ4v) is 1.75. The Hall–Kier alpha value is -0.610. The fraction of sp³-hybridized carbons (Fsp3) is 0.923. The monoisotopic (exact) mass is 243 g/mol. The van der Waals surface area contributed by atoms with Crippen LogP contribution in [0.3, 0.4) is 0 Å². The van der Waals surface area contributed by atoms with Crippen LogP contribution in [0.4, 0.5) is 0 Å². The third-order valence-corrected chi connectivity index (χ3v) is 3.63. The minimum absolute atomic E-state index is 0.114. The predicted octanol–water partition coefficient (Wildman–Crippen LogP) is 1.42. The lowest BCUT2D eigenvalue weighted by atomic mass is 9.91. The average Bonchev–Trinajstić information content (AvgIpc) is 2.31. The molecule has 0 bridgehead atoms. The zero-order valence-electron chi connectivity index (χ0n) is 11.2. The molecule has 0 saturated carbocycles. The van der Waals surface area contributed by atoms with Crippen LogP contribution in [-0.4, -0.2) is 48.3 Å². The number of piperidine rings is 1. The van der Waals surface area contributed by atoms with Gasteiger partial charge in [-0.1, -0.05) is 6.92 Å². The number of esters is 1. The van der Waals surface area contributed by atoms with E-state index in [0.717, 1.165) is 38.9 Å². The lowest BCUT2D eigenvalue weighted by Crippen LogP contribution is -2.38. The molecule has 0 amide bonds. The molecule has 1 rings (SSSR count). The summed E-state index contributed by atoms with van der Waals surface area (Å²) in [5.41, 5.74) is -0.377. The topological polar surface area (TPSA) is 49.8 Å². The number of carbonyl (C=O) groups is 1. The normalized spacial score (nSPS) is 19.3. The van der Waals surface area contributed by atoms with Crippen LogP contribution in [0.5, 0.6) is 0 Å². The van der Waals surface area contributed by atoms with Crippen LogP contribution in [0.1, 0.15) is 40.0 Å². The minimum Gasteiger partial charge on any atom is -0.464 e. The first kappa shape index (κ1) is 14.5. The van der Waals surface area contributed by atoms with E-state index >= 15 is 0 Å². The van der Waals surface area contributed by atoms with Crippen molar-refractivity contribution in [3.8, 4) is 0 Å². The van der Waals surface area contributed by atoms with Gasteiger partial charge in [0.15, 0.2) is 0 Å². The second-order valence-electron chi connectivity index (χ2n) is 5.45. The van der Waals surface area contributed by atoms with E-state index in [1.165, 1.54) is 0 Å². The van der Waals surface area contributed by atoms with Crippen LogP contribution < -0.4 is 0 Å². The first-order chi connectivity index (χ1) is 7.95. The molecule has 1 saturated heterocycles. The Morgan fingerprint density at radius 1 is 1.41 bits per heavy atom. The molecule has 0 spiro atoms. The number of likely N-dealkylation sites (tertiary alicyclic amines) is 1. The average molecular weight is 243 g/mol. The van der Waals surface area contributed by atoms with Crippen molar-refractivity contribution >= 4 is 5.97 Å². The highest BCUT2D eigenvalue weighted by Crippen LogP contribution is 2.21. The molecule has 1 N–H and O–H groups in total. The van der Waals surface area contributed by atoms with E-state index < -0.39 is 0 Å². The van der Waals surface area contributed by atoms with Gasteiger partial charge in [-0.2, -0.15) is 0 Å². The Kier molecular flexibility index (Phi) is 5.40. The van der Waals surface area contributed by atoms with Crippen molar-refractivity contribution in [1.82, 2.24) is 4.90 Å². The van der Waals surface area contributed by atoms with Gasteiger partial charge in [0.25, 0.3) is 0 Å². The smallest absolute Gasteiger partial charge is 0.311 e. The number of hydrogen-bond donors (Lipinski definition) is 1. The van der Waals surface area contributed by atoms with Gasteiger partial charge in [0, 0.05) is 19.6 Å².